The summed E-state index contributed by atoms with van der Waals surface area (Å²) in [4.78, 5) is 1.96. The Morgan fingerprint density at radius 1 is 1.03 bits per heavy atom. The Bertz CT molecular complexity index is 1170. The normalized spacial score (nSPS) is 17.3. The van der Waals surface area contributed by atoms with Gasteiger partial charge in [0.2, 0.25) is 10.0 Å². The first-order valence-corrected chi connectivity index (χ1v) is 11.7. The number of hydrogen-bond donors (Lipinski definition) is 1. The monoisotopic (exact) mass is 446 g/mol. The third-order valence-corrected chi connectivity index (χ3v) is 6.97. The van der Waals surface area contributed by atoms with Gasteiger partial charge in [-0.15, -0.1) is 0 Å². The highest BCUT2D eigenvalue weighted by molar-refractivity contribution is 7.89. The fourth-order valence-electron chi connectivity index (χ4n) is 3.84. The van der Waals surface area contributed by atoms with E-state index in [-0.39, 0.29) is 17.4 Å². The van der Waals surface area contributed by atoms with Crippen molar-refractivity contribution in [2.75, 3.05) is 32.8 Å². The summed E-state index contributed by atoms with van der Waals surface area (Å²) in [5.74, 6) is -1.25. The Kier molecular flexibility index (Phi) is 6.50. The predicted octanol–water partition coefficient (Wildman–Crippen LogP) is 3.80. The Morgan fingerprint density at radius 3 is 2.68 bits per heavy atom. The molecule has 1 unspecified atom stereocenters. The van der Waals surface area contributed by atoms with Crippen LogP contribution < -0.4 is 9.46 Å². The second-order valence-electron chi connectivity index (χ2n) is 7.71. The molecule has 31 heavy (non-hydrogen) atoms. The van der Waals surface area contributed by atoms with E-state index in [0.717, 1.165) is 54.7 Å². The van der Waals surface area contributed by atoms with Crippen LogP contribution in [0.15, 0.2) is 65.6 Å². The van der Waals surface area contributed by atoms with Crippen LogP contribution in [0.25, 0.3) is 10.8 Å². The molecule has 164 valence electrons. The molecule has 0 saturated carbocycles. The summed E-state index contributed by atoms with van der Waals surface area (Å²) in [5.41, 5.74) is 0. The lowest BCUT2D eigenvalue weighted by Gasteiger charge is -2.17. The summed E-state index contributed by atoms with van der Waals surface area (Å²) in [7, 11) is -3.88. The van der Waals surface area contributed by atoms with Crippen molar-refractivity contribution in [3.8, 4) is 5.75 Å². The Hall–Kier alpha value is -2.55. The van der Waals surface area contributed by atoms with Crippen molar-refractivity contribution < 1.29 is 21.9 Å². The molecule has 1 aliphatic rings. The molecule has 0 bridgehead atoms. The summed E-state index contributed by atoms with van der Waals surface area (Å²) in [5, 5.41) is 2.21. The molecule has 1 fully saturated rings. The van der Waals surface area contributed by atoms with Crippen molar-refractivity contribution in [3.05, 3.63) is 72.3 Å². The maximum absolute atomic E-state index is 13.3. The van der Waals surface area contributed by atoms with Gasteiger partial charge in [-0.2, -0.15) is 0 Å². The third kappa shape index (κ3) is 5.20. The van der Waals surface area contributed by atoms with Crippen molar-refractivity contribution in [2.45, 2.75) is 11.3 Å². The van der Waals surface area contributed by atoms with Gasteiger partial charge in [0.1, 0.15) is 12.4 Å². The summed E-state index contributed by atoms with van der Waals surface area (Å²) >= 11 is 0. The summed E-state index contributed by atoms with van der Waals surface area (Å²) in [6.45, 7) is 3.15. The molecule has 4 rings (SSSR count). The average Bonchev–Trinajstić information content (AvgIpc) is 3.22. The molecule has 0 spiro atoms. The van der Waals surface area contributed by atoms with Crippen molar-refractivity contribution >= 4 is 20.8 Å². The van der Waals surface area contributed by atoms with Crippen LogP contribution in [0.4, 0.5) is 8.78 Å². The molecule has 8 heteroatoms. The number of halogens is 2. The van der Waals surface area contributed by atoms with Gasteiger partial charge in [-0.3, -0.25) is 4.90 Å². The second-order valence-corrected chi connectivity index (χ2v) is 9.48. The maximum atomic E-state index is 13.3. The summed E-state index contributed by atoms with van der Waals surface area (Å²) < 4.78 is 59.6. The number of hydrogen-bond acceptors (Lipinski definition) is 4. The van der Waals surface area contributed by atoms with Crippen molar-refractivity contribution in [1.29, 1.82) is 0 Å². The van der Waals surface area contributed by atoms with E-state index in [4.69, 9.17) is 4.74 Å². The zero-order valence-corrected chi connectivity index (χ0v) is 17.7. The topological polar surface area (TPSA) is 58.6 Å². The molecule has 1 saturated heterocycles. The van der Waals surface area contributed by atoms with E-state index >= 15 is 0 Å². The fourth-order valence-corrected chi connectivity index (χ4v) is 4.97. The SMILES string of the molecule is O=S(=O)(NCC1CCN(CCOc2cccc3ccccc23)C1)c1ccc(F)c(F)c1. The molecule has 1 heterocycles. The van der Waals surface area contributed by atoms with E-state index < -0.39 is 21.7 Å². The number of ether oxygens (including phenoxy) is 1. The van der Waals surface area contributed by atoms with Gasteiger partial charge >= 0.3 is 0 Å². The van der Waals surface area contributed by atoms with Gasteiger partial charge in [0, 0.05) is 25.0 Å². The van der Waals surface area contributed by atoms with Crippen molar-refractivity contribution in [1.82, 2.24) is 9.62 Å². The molecule has 3 aromatic rings. The van der Waals surface area contributed by atoms with Gasteiger partial charge < -0.3 is 4.74 Å². The number of sulfonamides is 1. The van der Waals surface area contributed by atoms with Gasteiger partial charge in [0.05, 0.1) is 4.90 Å². The zero-order chi connectivity index (χ0) is 21.8. The van der Waals surface area contributed by atoms with Crippen LogP contribution in [-0.2, 0) is 10.0 Å². The number of benzene rings is 3. The van der Waals surface area contributed by atoms with Gasteiger partial charge in [-0.05, 0) is 48.5 Å². The first-order chi connectivity index (χ1) is 14.9. The van der Waals surface area contributed by atoms with Gasteiger partial charge in [-0.1, -0.05) is 36.4 Å². The molecule has 3 aromatic carbocycles. The number of fused-ring (bicyclic) bond motifs is 1. The van der Waals surface area contributed by atoms with E-state index in [9.17, 15) is 17.2 Å². The first-order valence-electron chi connectivity index (χ1n) is 10.2. The van der Waals surface area contributed by atoms with Crippen molar-refractivity contribution in [3.63, 3.8) is 0 Å². The first kappa shape index (κ1) is 21.7. The predicted molar refractivity (Wildman–Crippen MR) is 116 cm³/mol. The van der Waals surface area contributed by atoms with E-state index in [1.807, 2.05) is 30.3 Å². The minimum atomic E-state index is -3.88. The van der Waals surface area contributed by atoms with E-state index in [2.05, 4.69) is 21.8 Å². The quantitative estimate of drug-likeness (QED) is 0.572. The van der Waals surface area contributed by atoms with Crippen LogP contribution in [0.5, 0.6) is 5.75 Å². The zero-order valence-electron chi connectivity index (χ0n) is 16.9. The number of nitrogens with zero attached hydrogens (tertiary/aromatic N) is 1. The number of rotatable bonds is 8. The van der Waals surface area contributed by atoms with Gasteiger partial charge in [-0.25, -0.2) is 21.9 Å². The van der Waals surface area contributed by atoms with Crippen LogP contribution in [0.2, 0.25) is 0 Å². The highest BCUT2D eigenvalue weighted by Crippen LogP contribution is 2.25. The van der Waals surface area contributed by atoms with E-state index in [1.165, 1.54) is 0 Å². The molecule has 5 nitrogen and oxygen atoms in total. The maximum Gasteiger partial charge on any atom is 0.240 e. The fraction of sp³-hybridized carbons (Fsp3) is 0.304. The van der Waals surface area contributed by atoms with E-state index in [1.54, 1.807) is 0 Å². The lowest BCUT2D eigenvalue weighted by molar-refractivity contribution is 0.234. The van der Waals surface area contributed by atoms with Crippen LogP contribution >= 0.6 is 0 Å². The molecular formula is C23H24F2N2O3S. The lowest BCUT2D eigenvalue weighted by atomic mass is 10.1. The Morgan fingerprint density at radius 2 is 1.84 bits per heavy atom. The standard InChI is InChI=1S/C23H24F2N2O3S/c24-21-9-8-19(14-22(21)25)31(28,29)26-15-17-10-11-27(16-17)12-13-30-23-7-3-5-18-4-1-2-6-20(18)23/h1-9,14,17,26H,10-13,15-16H2. The largest absolute Gasteiger partial charge is 0.492 e. The average molecular weight is 447 g/mol. The Labute approximate surface area is 180 Å². The molecule has 0 amide bonds. The number of likely N-dealkylation sites (tertiary alicyclic amines) is 1. The lowest BCUT2D eigenvalue weighted by Crippen LogP contribution is -2.32. The molecule has 0 radical (unpaired) electrons. The summed E-state index contributed by atoms with van der Waals surface area (Å²) in [6, 6.07) is 16.6. The van der Waals surface area contributed by atoms with Gasteiger partial charge in [0.15, 0.2) is 11.6 Å². The Balaban J connectivity index is 1.25. The van der Waals surface area contributed by atoms with Crippen LogP contribution in [0.1, 0.15) is 6.42 Å². The third-order valence-electron chi connectivity index (χ3n) is 5.55. The van der Waals surface area contributed by atoms with Crippen LogP contribution in [0, 0.1) is 17.6 Å². The molecule has 0 aliphatic carbocycles. The highest BCUT2D eigenvalue weighted by atomic mass is 32.2. The summed E-state index contributed by atoms with van der Waals surface area (Å²) in [6.07, 6.45) is 0.856. The smallest absolute Gasteiger partial charge is 0.240 e. The number of nitrogens with one attached hydrogen (secondary N) is 1. The highest BCUT2D eigenvalue weighted by Gasteiger charge is 2.25. The molecular weight excluding hydrogens is 422 g/mol. The second kappa shape index (κ2) is 9.30. The van der Waals surface area contributed by atoms with Crippen molar-refractivity contribution in [2.24, 2.45) is 5.92 Å². The molecule has 1 atom stereocenters. The van der Waals surface area contributed by atoms with Gasteiger partial charge in [0.25, 0.3) is 0 Å². The molecule has 0 aromatic heterocycles. The van der Waals surface area contributed by atoms with Crippen LogP contribution in [-0.4, -0.2) is 46.1 Å². The van der Waals surface area contributed by atoms with Crippen LogP contribution in [0.3, 0.4) is 0 Å². The molecule has 1 aliphatic heterocycles. The molecule has 1 N–H and O–H groups in total. The van der Waals surface area contributed by atoms with E-state index in [0.29, 0.717) is 12.7 Å². The minimum Gasteiger partial charge on any atom is -0.492 e. The minimum absolute atomic E-state index is 0.151.